The zero-order valence-corrected chi connectivity index (χ0v) is 18.6. The minimum absolute atomic E-state index is 0.127. The normalized spacial score (nSPS) is 17.3. The molecule has 8 nitrogen and oxygen atoms in total. The molecule has 2 saturated heterocycles. The van der Waals surface area contributed by atoms with E-state index in [4.69, 9.17) is 4.74 Å². The Balaban J connectivity index is 1.23. The predicted molar refractivity (Wildman–Crippen MR) is 117 cm³/mol. The van der Waals surface area contributed by atoms with Crippen molar-refractivity contribution in [3.05, 3.63) is 77.1 Å². The molecular formula is C24H23F2N5O3. The van der Waals surface area contributed by atoms with Crippen molar-refractivity contribution < 1.29 is 23.1 Å². The van der Waals surface area contributed by atoms with Gasteiger partial charge in [-0.2, -0.15) is 9.90 Å². The quantitative estimate of drug-likeness (QED) is 0.587. The number of carbonyl (C=O) groups excluding carboxylic acids is 2. The average molecular weight is 467 g/mol. The van der Waals surface area contributed by atoms with Gasteiger partial charge in [0.25, 0.3) is 5.91 Å². The van der Waals surface area contributed by atoms with E-state index in [2.05, 4.69) is 10.2 Å². The molecule has 1 spiro atoms. The number of nitrogens with zero attached hydrogens (tertiary/aromatic N) is 5. The smallest absolute Gasteiger partial charge is 0.410 e. The van der Waals surface area contributed by atoms with Crippen molar-refractivity contribution in [1.29, 1.82) is 0 Å². The van der Waals surface area contributed by atoms with Gasteiger partial charge in [0.15, 0.2) is 17.3 Å². The van der Waals surface area contributed by atoms with Crippen LogP contribution in [-0.4, -0.2) is 62.0 Å². The summed E-state index contributed by atoms with van der Waals surface area (Å²) in [5, 5.41) is 8.76. The molecule has 2 aliphatic heterocycles. The lowest BCUT2D eigenvalue weighted by Gasteiger charge is -2.37. The van der Waals surface area contributed by atoms with Gasteiger partial charge in [-0.3, -0.25) is 9.69 Å². The number of halogens is 2. The maximum absolute atomic E-state index is 13.5. The van der Waals surface area contributed by atoms with Crippen LogP contribution in [0, 0.1) is 18.6 Å². The predicted octanol–water partition coefficient (Wildman–Crippen LogP) is 3.48. The molecule has 0 saturated carbocycles. The number of hydrogen-bond acceptors (Lipinski definition) is 5. The van der Waals surface area contributed by atoms with Crippen LogP contribution in [0.5, 0.6) is 0 Å². The number of amides is 2. The monoisotopic (exact) mass is 467 g/mol. The molecule has 2 fully saturated rings. The third-order valence-electron chi connectivity index (χ3n) is 6.33. The van der Waals surface area contributed by atoms with Crippen molar-refractivity contribution >= 4 is 12.0 Å². The van der Waals surface area contributed by atoms with E-state index in [1.54, 1.807) is 11.8 Å². The highest BCUT2D eigenvalue weighted by Crippen LogP contribution is 2.34. The molecule has 3 aromatic rings. The van der Waals surface area contributed by atoms with E-state index in [1.807, 2.05) is 30.3 Å². The number of piperidine rings is 1. The van der Waals surface area contributed by atoms with E-state index in [9.17, 15) is 18.4 Å². The topological polar surface area (TPSA) is 80.6 Å². The van der Waals surface area contributed by atoms with Crippen molar-refractivity contribution in [3.8, 4) is 5.69 Å². The molecule has 0 atom stereocenters. The fourth-order valence-electron chi connectivity index (χ4n) is 4.45. The number of aryl methyl sites for hydroxylation is 1. The average Bonchev–Trinajstić information content (AvgIpc) is 3.36. The Labute approximate surface area is 194 Å². The second-order valence-electron chi connectivity index (χ2n) is 8.71. The maximum Gasteiger partial charge on any atom is 0.410 e. The van der Waals surface area contributed by atoms with Crippen molar-refractivity contribution in [2.45, 2.75) is 31.9 Å². The van der Waals surface area contributed by atoms with Gasteiger partial charge in [-0.05, 0) is 36.8 Å². The van der Waals surface area contributed by atoms with Crippen molar-refractivity contribution in [3.63, 3.8) is 0 Å². The van der Waals surface area contributed by atoms with Crippen LogP contribution in [0.3, 0.4) is 0 Å². The molecule has 0 unspecified atom stereocenters. The van der Waals surface area contributed by atoms with Crippen LogP contribution < -0.4 is 0 Å². The van der Waals surface area contributed by atoms with Crippen LogP contribution in [0.1, 0.15) is 34.6 Å². The highest BCUT2D eigenvalue weighted by molar-refractivity contribution is 5.93. The number of benzene rings is 2. The Morgan fingerprint density at radius 2 is 1.79 bits per heavy atom. The molecule has 3 heterocycles. The van der Waals surface area contributed by atoms with E-state index in [0.29, 0.717) is 49.4 Å². The molecule has 34 heavy (non-hydrogen) atoms. The Bertz CT molecular complexity index is 1240. The lowest BCUT2D eigenvalue weighted by molar-refractivity contribution is 0.00293. The van der Waals surface area contributed by atoms with E-state index in [1.165, 1.54) is 15.8 Å². The van der Waals surface area contributed by atoms with Crippen molar-refractivity contribution in [2.75, 3.05) is 19.6 Å². The second-order valence-corrected chi connectivity index (χ2v) is 8.71. The number of aromatic nitrogens is 3. The summed E-state index contributed by atoms with van der Waals surface area (Å²) >= 11 is 0. The van der Waals surface area contributed by atoms with Crippen LogP contribution in [0.15, 0.2) is 48.5 Å². The molecule has 0 N–H and O–H groups in total. The molecule has 0 aliphatic carbocycles. The summed E-state index contributed by atoms with van der Waals surface area (Å²) in [5.41, 5.74) is 1.38. The van der Waals surface area contributed by atoms with Crippen molar-refractivity contribution in [1.82, 2.24) is 24.8 Å². The highest BCUT2D eigenvalue weighted by Gasteiger charge is 2.47. The van der Waals surface area contributed by atoms with E-state index in [-0.39, 0.29) is 12.5 Å². The third kappa shape index (κ3) is 4.11. The van der Waals surface area contributed by atoms with Gasteiger partial charge in [0, 0.05) is 32.5 Å². The van der Waals surface area contributed by atoms with Gasteiger partial charge in [0.1, 0.15) is 5.60 Å². The zero-order valence-electron chi connectivity index (χ0n) is 18.6. The number of rotatable bonds is 4. The first kappa shape index (κ1) is 22.0. The summed E-state index contributed by atoms with van der Waals surface area (Å²) in [4.78, 5) is 30.2. The van der Waals surface area contributed by atoms with Gasteiger partial charge in [-0.15, -0.1) is 5.10 Å². The van der Waals surface area contributed by atoms with Gasteiger partial charge < -0.3 is 9.64 Å². The summed E-state index contributed by atoms with van der Waals surface area (Å²) in [6.07, 6.45) is 0.459. The largest absolute Gasteiger partial charge is 0.441 e. The summed E-state index contributed by atoms with van der Waals surface area (Å²) in [6, 6.07) is 12.9. The van der Waals surface area contributed by atoms with Gasteiger partial charge >= 0.3 is 6.09 Å². The third-order valence-corrected chi connectivity index (χ3v) is 6.33. The van der Waals surface area contributed by atoms with Crippen LogP contribution in [-0.2, 0) is 11.3 Å². The first-order valence-electron chi connectivity index (χ1n) is 11.0. The fourth-order valence-corrected chi connectivity index (χ4v) is 4.45. The fraction of sp³-hybridized carbons (Fsp3) is 0.333. The van der Waals surface area contributed by atoms with Gasteiger partial charge in [0.05, 0.1) is 17.9 Å². The van der Waals surface area contributed by atoms with Crippen LogP contribution >= 0.6 is 0 Å². The van der Waals surface area contributed by atoms with Crippen LogP contribution in [0.25, 0.3) is 5.69 Å². The standard InChI is InChI=1S/C24H23F2N5O3/c1-16-21(28-31(27-16)18-5-3-2-4-6-18)22(32)29-11-9-24(10-12-29)15-30(23(33)34-24)14-17-7-8-19(25)20(26)13-17/h2-8,13H,9-12,14-15H2,1H3. The Morgan fingerprint density at radius 1 is 1.06 bits per heavy atom. The minimum atomic E-state index is -0.953. The molecule has 2 amide bonds. The number of hydrogen-bond donors (Lipinski definition) is 0. The summed E-state index contributed by atoms with van der Waals surface area (Å²) < 4.78 is 32.4. The minimum Gasteiger partial charge on any atom is -0.441 e. The molecular weight excluding hydrogens is 444 g/mol. The number of likely N-dealkylation sites (tertiary alicyclic amines) is 1. The molecule has 2 aliphatic rings. The zero-order chi connectivity index (χ0) is 23.9. The maximum atomic E-state index is 13.5. The van der Waals surface area contributed by atoms with Crippen molar-refractivity contribution in [2.24, 2.45) is 0 Å². The summed E-state index contributed by atoms with van der Waals surface area (Å²) in [6.45, 7) is 3.02. The number of carbonyl (C=O) groups is 2. The lowest BCUT2D eigenvalue weighted by Crippen LogP contribution is -2.48. The van der Waals surface area contributed by atoms with Gasteiger partial charge in [-0.1, -0.05) is 24.3 Å². The summed E-state index contributed by atoms with van der Waals surface area (Å²) in [7, 11) is 0. The molecule has 176 valence electrons. The number of para-hydroxylation sites is 1. The highest BCUT2D eigenvalue weighted by atomic mass is 19.2. The van der Waals surface area contributed by atoms with E-state index >= 15 is 0 Å². The summed E-state index contributed by atoms with van der Waals surface area (Å²) in [5.74, 6) is -2.09. The molecule has 0 bridgehead atoms. The van der Waals surface area contributed by atoms with Crippen LogP contribution in [0.4, 0.5) is 13.6 Å². The molecule has 10 heteroatoms. The Hall–Kier alpha value is -3.82. The molecule has 0 radical (unpaired) electrons. The van der Waals surface area contributed by atoms with Gasteiger partial charge in [0.2, 0.25) is 0 Å². The van der Waals surface area contributed by atoms with E-state index < -0.39 is 23.3 Å². The first-order valence-corrected chi connectivity index (χ1v) is 11.0. The molecule has 2 aromatic carbocycles. The first-order chi connectivity index (χ1) is 16.3. The molecule has 1 aromatic heterocycles. The Kier molecular flexibility index (Phi) is 5.51. The lowest BCUT2D eigenvalue weighted by atomic mass is 9.91. The van der Waals surface area contributed by atoms with Crippen LogP contribution in [0.2, 0.25) is 0 Å². The van der Waals surface area contributed by atoms with E-state index in [0.717, 1.165) is 17.8 Å². The SMILES string of the molecule is Cc1nn(-c2ccccc2)nc1C(=O)N1CCC2(CC1)CN(Cc1ccc(F)c(F)c1)C(=O)O2. The number of ether oxygens (including phenoxy) is 1. The Morgan fingerprint density at radius 3 is 2.50 bits per heavy atom. The van der Waals surface area contributed by atoms with Gasteiger partial charge in [-0.25, -0.2) is 13.6 Å². The second kappa shape index (κ2) is 8.51. The molecule has 5 rings (SSSR count).